The van der Waals surface area contributed by atoms with Gasteiger partial charge in [0.05, 0.1) is 23.1 Å². The molecule has 4 heterocycles. The molecule has 47 heavy (non-hydrogen) atoms. The van der Waals surface area contributed by atoms with Gasteiger partial charge in [0.25, 0.3) is 0 Å². The summed E-state index contributed by atoms with van der Waals surface area (Å²) in [6, 6.07) is 52.9. The summed E-state index contributed by atoms with van der Waals surface area (Å²) in [5.74, 6) is 0.717. The minimum Gasteiger partial charge on any atom is -0.501 e. The van der Waals surface area contributed by atoms with Gasteiger partial charge < -0.3 is 14.0 Å². The second kappa shape index (κ2) is 13.3. The Morgan fingerprint density at radius 2 is 1.45 bits per heavy atom. The molecule has 6 nitrogen and oxygen atoms in total. The van der Waals surface area contributed by atoms with Crippen LogP contribution >= 0.6 is 0 Å². The maximum Gasteiger partial charge on any atom is 0.190 e. The second-order valence-corrected chi connectivity index (χ2v) is 10.6. The van der Waals surface area contributed by atoms with E-state index in [1.54, 1.807) is 12.4 Å². The molecule has 0 saturated carbocycles. The molecule has 0 aliphatic heterocycles. The molecule has 0 amide bonds. The zero-order valence-electron chi connectivity index (χ0n) is 24.9. The molecular formula is C40H25IrN5O-2. The van der Waals surface area contributed by atoms with E-state index in [1.807, 2.05) is 97.1 Å². The van der Waals surface area contributed by atoms with Crippen molar-refractivity contribution in [2.45, 2.75) is 0 Å². The van der Waals surface area contributed by atoms with Gasteiger partial charge in [-0.1, -0.05) is 83.7 Å². The Balaban J connectivity index is 0.000000228. The summed E-state index contributed by atoms with van der Waals surface area (Å²) in [7, 11) is 0. The molecule has 0 unspecified atom stereocenters. The van der Waals surface area contributed by atoms with Gasteiger partial charge in [-0.15, -0.1) is 59.2 Å². The number of rotatable bonds is 4. The molecular weight excluding hydrogens is 759 g/mol. The van der Waals surface area contributed by atoms with E-state index in [9.17, 15) is 0 Å². The fourth-order valence-corrected chi connectivity index (χ4v) is 5.64. The predicted octanol–water partition coefficient (Wildman–Crippen LogP) is 9.40. The topological polar surface area (TPSA) is 69.6 Å². The van der Waals surface area contributed by atoms with E-state index in [1.165, 1.54) is 0 Å². The number of nitrogens with zero attached hydrogens (tertiary/aromatic N) is 5. The van der Waals surface area contributed by atoms with Gasteiger partial charge in [0.2, 0.25) is 0 Å². The summed E-state index contributed by atoms with van der Waals surface area (Å²) in [5, 5.41) is 10.4. The molecule has 9 rings (SSSR count). The molecule has 0 N–H and O–H groups in total. The van der Waals surface area contributed by atoms with Crippen LogP contribution in [0.2, 0.25) is 0 Å². The van der Waals surface area contributed by atoms with Crippen LogP contribution in [0.5, 0.6) is 0 Å². The minimum atomic E-state index is 0. The van der Waals surface area contributed by atoms with Crippen molar-refractivity contribution in [2.75, 3.05) is 0 Å². The third kappa shape index (κ3) is 5.86. The Hall–Kier alpha value is -5.75. The first-order chi connectivity index (χ1) is 22.8. The van der Waals surface area contributed by atoms with Crippen LogP contribution in [-0.4, -0.2) is 24.7 Å². The zero-order chi connectivity index (χ0) is 30.7. The SMILES string of the molecule is [Ir].[c-]1ccc2c(oc3cc(-c4ccccc4)ccc32)c1-c1nc2nnccc2n1-c1ccccc1.[c-]1ccccc1-c1ccccn1. The van der Waals surface area contributed by atoms with Crippen molar-refractivity contribution in [1.82, 2.24) is 24.7 Å². The summed E-state index contributed by atoms with van der Waals surface area (Å²) in [6.07, 6.45) is 3.47. The van der Waals surface area contributed by atoms with Crippen molar-refractivity contribution in [1.29, 1.82) is 0 Å². The molecule has 9 aromatic rings. The molecule has 1 radical (unpaired) electrons. The van der Waals surface area contributed by atoms with Crippen molar-refractivity contribution >= 4 is 33.1 Å². The van der Waals surface area contributed by atoms with Crippen LogP contribution in [0.25, 0.3) is 72.6 Å². The predicted molar refractivity (Wildman–Crippen MR) is 182 cm³/mol. The van der Waals surface area contributed by atoms with Gasteiger partial charge in [-0.2, -0.15) is 5.10 Å². The Morgan fingerprint density at radius 3 is 2.23 bits per heavy atom. The van der Waals surface area contributed by atoms with Crippen molar-refractivity contribution in [2.24, 2.45) is 0 Å². The molecule has 7 heteroatoms. The third-order valence-corrected chi connectivity index (χ3v) is 7.77. The zero-order valence-corrected chi connectivity index (χ0v) is 27.3. The van der Waals surface area contributed by atoms with Crippen LogP contribution in [0.3, 0.4) is 0 Å². The Morgan fingerprint density at radius 1 is 0.638 bits per heavy atom. The fraction of sp³-hybridized carbons (Fsp3) is 0. The van der Waals surface area contributed by atoms with Crippen LogP contribution in [0.4, 0.5) is 0 Å². The smallest absolute Gasteiger partial charge is 0.190 e. The molecule has 227 valence electrons. The largest absolute Gasteiger partial charge is 0.501 e. The van der Waals surface area contributed by atoms with E-state index >= 15 is 0 Å². The summed E-state index contributed by atoms with van der Waals surface area (Å²) >= 11 is 0. The van der Waals surface area contributed by atoms with Crippen molar-refractivity contribution in [3.05, 3.63) is 164 Å². The quantitative estimate of drug-likeness (QED) is 0.167. The monoisotopic (exact) mass is 784 g/mol. The fourth-order valence-electron chi connectivity index (χ4n) is 5.64. The van der Waals surface area contributed by atoms with E-state index < -0.39 is 0 Å². The minimum absolute atomic E-state index is 0. The van der Waals surface area contributed by atoms with E-state index in [4.69, 9.17) is 9.40 Å². The van der Waals surface area contributed by atoms with Gasteiger partial charge >= 0.3 is 0 Å². The van der Waals surface area contributed by atoms with Crippen LogP contribution in [-0.2, 0) is 20.1 Å². The van der Waals surface area contributed by atoms with Gasteiger partial charge in [0, 0.05) is 37.4 Å². The molecule has 4 aromatic heterocycles. The molecule has 0 saturated heterocycles. The maximum atomic E-state index is 6.47. The average Bonchev–Trinajstić information content (AvgIpc) is 3.72. The summed E-state index contributed by atoms with van der Waals surface area (Å²) in [4.78, 5) is 9.06. The van der Waals surface area contributed by atoms with Gasteiger partial charge in [-0.3, -0.25) is 4.98 Å². The van der Waals surface area contributed by atoms with Crippen LogP contribution in [0.1, 0.15) is 0 Å². The summed E-state index contributed by atoms with van der Waals surface area (Å²) in [5.41, 5.74) is 9.10. The number of para-hydroxylation sites is 1. The second-order valence-electron chi connectivity index (χ2n) is 10.6. The maximum absolute atomic E-state index is 6.47. The Labute approximate surface area is 284 Å². The van der Waals surface area contributed by atoms with Gasteiger partial charge in [0.1, 0.15) is 5.58 Å². The molecule has 0 aliphatic carbocycles. The van der Waals surface area contributed by atoms with E-state index in [-0.39, 0.29) is 20.1 Å². The van der Waals surface area contributed by atoms with Crippen LogP contribution in [0, 0.1) is 12.1 Å². The first kappa shape index (κ1) is 29.9. The van der Waals surface area contributed by atoms with Crippen LogP contribution < -0.4 is 0 Å². The van der Waals surface area contributed by atoms with Crippen molar-refractivity contribution < 1.29 is 24.5 Å². The van der Waals surface area contributed by atoms with E-state index in [0.717, 1.165) is 66.9 Å². The number of hydrogen-bond donors (Lipinski definition) is 0. The number of imidazole rings is 1. The number of pyridine rings is 1. The van der Waals surface area contributed by atoms with Crippen molar-refractivity contribution in [3.63, 3.8) is 0 Å². The average molecular weight is 784 g/mol. The van der Waals surface area contributed by atoms with Crippen LogP contribution in [0.15, 0.2) is 156 Å². The Kier molecular flexibility index (Phi) is 8.48. The molecule has 0 spiro atoms. The van der Waals surface area contributed by atoms with Gasteiger partial charge in [0.15, 0.2) is 5.65 Å². The number of benzene rings is 5. The molecule has 0 atom stereocenters. The Bertz CT molecular complexity index is 2370. The number of fused-ring (bicyclic) bond motifs is 4. The van der Waals surface area contributed by atoms with Gasteiger partial charge in [-0.05, 0) is 47.2 Å². The summed E-state index contributed by atoms with van der Waals surface area (Å²) in [6.45, 7) is 0. The van der Waals surface area contributed by atoms with E-state index in [2.05, 4.69) is 74.3 Å². The number of furan rings is 1. The number of aromatic nitrogens is 5. The standard InChI is InChI=1S/C29H17N4O.C11H8N.Ir/c1-3-8-19(9-4-1)20-14-15-22-23-12-7-13-24(27(23)34-26(22)18-20)29-31-28-25(16-17-30-32-28)33(29)21-10-5-2-6-11-21;1-2-6-10(7-3-1)11-8-4-5-9-12-11;/h1-12,14-18H;1-6,8-9H;/q2*-1;. The first-order valence-corrected chi connectivity index (χ1v) is 14.9. The van der Waals surface area contributed by atoms with E-state index in [0.29, 0.717) is 5.65 Å². The molecule has 0 aliphatic rings. The van der Waals surface area contributed by atoms with Crippen molar-refractivity contribution in [3.8, 4) is 39.5 Å². The molecule has 5 aromatic carbocycles. The summed E-state index contributed by atoms with van der Waals surface area (Å²) < 4.78 is 8.55. The van der Waals surface area contributed by atoms with Gasteiger partial charge in [-0.25, -0.2) is 0 Å². The number of hydrogen-bond acceptors (Lipinski definition) is 5. The normalized spacial score (nSPS) is 10.8. The third-order valence-electron chi connectivity index (χ3n) is 7.77. The molecule has 0 bridgehead atoms. The first-order valence-electron chi connectivity index (χ1n) is 14.9. The molecule has 0 fully saturated rings.